The van der Waals surface area contributed by atoms with Gasteiger partial charge in [-0.15, -0.1) is 0 Å². The van der Waals surface area contributed by atoms with Crippen molar-refractivity contribution in [3.8, 4) is 11.5 Å². The molecule has 2 N–H and O–H groups in total. The summed E-state index contributed by atoms with van der Waals surface area (Å²) in [4.78, 5) is 25.8. The van der Waals surface area contributed by atoms with Gasteiger partial charge >= 0.3 is 0 Å². The van der Waals surface area contributed by atoms with Gasteiger partial charge in [0.2, 0.25) is 5.89 Å². The number of nitrogen functional groups attached to an aromatic ring is 1. The van der Waals surface area contributed by atoms with Gasteiger partial charge in [-0.05, 0) is 23.3 Å². The molecule has 2 aromatic heterocycles. The lowest BCUT2D eigenvalue weighted by Crippen LogP contribution is -2.50. The Balaban J connectivity index is 1.29. The van der Waals surface area contributed by atoms with Crippen LogP contribution in [0.1, 0.15) is 27.7 Å². The highest BCUT2D eigenvalue weighted by molar-refractivity contribution is 5.92. The van der Waals surface area contributed by atoms with E-state index in [-0.39, 0.29) is 11.9 Å². The number of amides is 1. The quantitative estimate of drug-likeness (QED) is 0.508. The number of piperazine rings is 1. The first-order chi connectivity index (χ1) is 16.2. The Morgan fingerprint density at radius 3 is 2.09 bits per heavy atom. The topological polar surface area (TPSA) is 88.5 Å². The molecule has 1 fully saturated rings. The van der Waals surface area contributed by atoms with E-state index in [0.29, 0.717) is 36.1 Å². The molecule has 0 radical (unpaired) electrons. The highest BCUT2D eigenvalue weighted by Gasteiger charge is 2.29. The average Bonchev–Trinajstić information content (AvgIpc) is 3.36. The fourth-order valence-electron chi connectivity index (χ4n) is 4.27. The predicted octanol–water partition coefficient (Wildman–Crippen LogP) is 3.87. The molecule has 0 spiro atoms. The monoisotopic (exact) mass is 439 g/mol. The maximum atomic E-state index is 13.1. The van der Waals surface area contributed by atoms with E-state index in [1.165, 1.54) is 17.4 Å². The van der Waals surface area contributed by atoms with Crippen LogP contribution in [-0.2, 0) is 0 Å². The SMILES string of the molecule is Nc1ccc(-c2nc(C(=O)N3CCN(C(c4ccccc4)c4ccccc4)CC3)co2)cn1. The zero-order valence-electron chi connectivity index (χ0n) is 18.2. The summed E-state index contributed by atoms with van der Waals surface area (Å²) in [5.74, 6) is 0.658. The van der Waals surface area contributed by atoms with Gasteiger partial charge in [0, 0.05) is 32.4 Å². The Morgan fingerprint density at radius 1 is 0.879 bits per heavy atom. The predicted molar refractivity (Wildman–Crippen MR) is 126 cm³/mol. The van der Waals surface area contributed by atoms with Gasteiger partial charge in [-0.25, -0.2) is 9.97 Å². The van der Waals surface area contributed by atoms with E-state index >= 15 is 0 Å². The summed E-state index contributed by atoms with van der Waals surface area (Å²) in [7, 11) is 0. The average molecular weight is 440 g/mol. The molecule has 0 saturated carbocycles. The Labute approximate surface area is 192 Å². The van der Waals surface area contributed by atoms with Crippen LogP contribution in [-0.4, -0.2) is 51.9 Å². The van der Waals surface area contributed by atoms with Crippen molar-refractivity contribution in [2.45, 2.75) is 6.04 Å². The molecule has 0 aliphatic carbocycles. The lowest BCUT2D eigenvalue weighted by Gasteiger charge is -2.39. The molecular weight excluding hydrogens is 414 g/mol. The van der Waals surface area contributed by atoms with Gasteiger partial charge in [0.25, 0.3) is 5.91 Å². The van der Waals surface area contributed by atoms with Gasteiger partial charge in [-0.1, -0.05) is 60.7 Å². The van der Waals surface area contributed by atoms with Crippen LogP contribution in [0.5, 0.6) is 0 Å². The third-order valence-corrected chi connectivity index (χ3v) is 5.95. The van der Waals surface area contributed by atoms with Crippen molar-refractivity contribution in [1.29, 1.82) is 0 Å². The van der Waals surface area contributed by atoms with E-state index in [9.17, 15) is 4.79 Å². The molecule has 0 bridgehead atoms. The van der Waals surface area contributed by atoms with Gasteiger partial charge in [0.1, 0.15) is 12.1 Å². The van der Waals surface area contributed by atoms with Gasteiger partial charge in [-0.3, -0.25) is 9.69 Å². The normalized spacial score (nSPS) is 14.5. The van der Waals surface area contributed by atoms with Gasteiger partial charge in [0.15, 0.2) is 5.69 Å². The number of hydrogen-bond donors (Lipinski definition) is 1. The molecule has 33 heavy (non-hydrogen) atoms. The van der Waals surface area contributed by atoms with Crippen LogP contribution in [0.15, 0.2) is 89.7 Å². The Bertz CT molecular complexity index is 1160. The molecule has 166 valence electrons. The van der Waals surface area contributed by atoms with Crippen LogP contribution in [0, 0.1) is 0 Å². The number of hydrogen-bond acceptors (Lipinski definition) is 6. The summed E-state index contributed by atoms with van der Waals surface area (Å²) in [5, 5.41) is 0. The highest BCUT2D eigenvalue weighted by atomic mass is 16.3. The standard InChI is InChI=1S/C26H25N5O2/c27-23-12-11-21(17-28-23)25-29-22(18-33-25)26(32)31-15-13-30(14-16-31)24(19-7-3-1-4-8-19)20-9-5-2-6-10-20/h1-12,17-18,24H,13-16H2,(H2,27,28). The van der Waals surface area contributed by atoms with Crippen LogP contribution < -0.4 is 5.73 Å². The molecule has 1 amide bonds. The van der Waals surface area contributed by atoms with Crippen LogP contribution in [0.3, 0.4) is 0 Å². The Morgan fingerprint density at radius 2 is 1.52 bits per heavy atom. The minimum Gasteiger partial charge on any atom is -0.444 e. The molecule has 0 atom stereocenters. The highest BCUT2D eigenvalue weighted by Crippen LogP contribution is 2.29. The summed E-state index contributed by atoms with van der Waals surface area (Å²) < 4.78 is 5.53. The number of nitrogens with two attached hydrogens (primary N) is 1. The fraction of sp³-hybridized carbons (Fsp3) is 0.192. The number of benzene rings is 2. The van der Waals surface area contributed by atoms with E-state index in [1.54, 1.807) is 18.3 Å². The molecule has 0 unspecified atom stereocenters. The first-order valence-corrected chi connectivity index (χ1v) is 11.0. The molecule has 1 aliphatic rings. The third kappa shape index (κ3) is 4.49. The van der Waals surface area contributed by atoms with Crippen molar-refractivity contribution >= 4 is 11.7 Å². The number of pyridine rings is 1. The van der Waals surface area contributed by atoms with E-state index in [4.69, 9.17) is 10.2 Å². The second-order valence-electron chi connectivity index (χ2n) is 8.06. The maximum Gasteiger partial charge on any atom is 0.275 e. The van der Waals surface area contributed by atoms with Crippen molar-refractivity contribution in [2.24, 2.45) is 0 Å². The first-order valence-electron chi connectivity index (χ1n) is 11.0. The molecule has 1 aliphatic heterocycles. The van der Waals surface area contributed by atoms with Crippen LogP contribution in [0.2, 0.25) is 0 Å². The van der Waals surface area contributed by atoms with Gasteiger partial charge in [-0.2, -0.15) is 0 Å². The fourth-order valence-corrected chi connectivity index (χ4v) is 4.27. The largest absolute Gasteiger partial charge is 0.444 e. The van der Waals surface area contributed by atoms with E-state index in [2.05, 4.69) is 63.4 Å². The number of carbonyl (C=O) groups is 1. The van der Waals surface area contributed by atoms with Crippen LogP contribution in [0.4, 0.5) is 5.82 Å². The smallest absolute Gasteiger partial charge is 0.275 e. The molecule has 7 nitrogen and oxygen atoms in total. The zero-order valence-corrected chi connectivity index (χ0v) is 18.2. The second-order valence-corrected chi connectivity index (χ2v) is 8.06. The summed E-state index contributed by atoms with van der Waals surface area (Å²) >= 11 is 0. The number of carbonyl (C=O) groups excluding carboxylic acids is 1. The second kappa shape index (κ2) is 9.26. The minimum atomic E-state index is -0.121. The van der Waals surface area contributed by atoms with Crippen molar-refractivity contribution in [3.05, 3.63) is 102 Å². The van der Waals surface area contributed by atoms with Gasteiger partial charge in [0.05, 0.1) is 11.6 Å². The zero-order chi connectivity index (χ0) is 22.6. The third-order valence-electron chi connectivity index (χ3n) is 5.95. The van der Waals surface area contributed by atoms with Crippen molar-refractivity contribution < 1.29 is 9.21 Å². The van der Waals surface area contributed by atoms with E-state index < -0.39 is 0 Å². The first kappa shape index (κ1) is 20.9. The molecule has 7 heteroatoms. The maximum absolute atomic E-state index is 13.1. The Kier molecular flexibility index (Phi) is 5.87. The summed E-state index contributed by atoms with van der Waals surface area (Å²) in [6.07, 6.45) is 3.00. The van der Waals surface area contributed by atoms with Crippen LogP contribution >= 0.6 is 0 Å². The summed E-state index contributed by atoms with van der Waals surface area (Å²) in [6.45, 7) is 2.79. The lowest BCUT2D eigenvalue weighted by molar-refractivity contribution is 0.0592. The van der Waals surface area contributed by atoms with Crippen molar-refractivity contribution in [3.63, 3.8) is 0 Å². The molecule has 4 aromatic rings. The van der Waals surface area contributed by atoms with Crippen molar-refractivity contribution in [1.82, 2.24) is 19.8 Å². The Hall–Kier alpha value is -3.97. The number of nitrogens with zero attached hydrogens (tertiary/aromatic N) is 4. The van der Waals surface area contributed by atoms with Crippen molar-refractivity contribution in [2.75, 3.05) is 31.9 Å². The minimum absolute atomic E-state index is 0.121. The number of aromatic nitrogens is 2. The van der Waals surface area contributed by atoms with E-state index in [0.717, 1.165) is 13.1 Å². The molecule has 5 rings (SSSR count). The van der Waals surface area contributed by atoms with Crippen LogP contribution in [0.25, 0.3) is 11.5 Å². The molecular formula is C26H25N5O2. The summed E-state index contributed by atoms with van der Waals surface area (Å²) in [6, 6.07) is 24.6. The molecule has 1 saturated heterocycles. The van der Waals surface area contributed by atoms with E-state index in [1.807, 2.05) is 17.0 Å². The number of rotatable bonds is 5. The summed E-state index contributed by atoms with van der Waals surface area (Å²) in [5.41, 5.74) is 9.12. The lowest BCUT2D eigenvalue weighted by atomic mass is 9.96. The number of anilines is 1. The molecule has 2 aromatic carbocycles. The van der Waals surface area contributed by atoms with Gasteiger partial charge < -0.3 is 15.1 Å². The molecule has 3 heterocycles. The number of oxazole rings is 1.